The van der Waals surface area contributed by atoms with Crippen LogP contribution < -0.4 is 10.1 Å². The van der Waals surface area contributed by atoms with Gasteiger partial charge in [0.2, 0.25) is 0 Å². The number of H-pyrrole nitrogens is 1. The van der Waals surface area contributed by atoms with Crippen LogP contribution in [-0.4, -0.2) is 23.2 Å². The molecule has 0 aliphatic heterocycles. The molecule has 6 heteroatoms. The Hall–Kier alpha value is -2.01. The number of ether oxygens (including phenoxy) is 1. The minimum absolute atomic E-state index is 0.238. The molecule has 1 aromatic heterocycles. The molecule has 0 radical (unpaired) electrons. The maximum absolute atomic E-state index is 11.8. The van der Waals surface area contributed by atoms with Crippen LogP contribution >= 0.6 is 11.6 Å². The Kier molecular flexibility index (Phi) is 3.30. The summed E-state index contributed by atoms with van der Waals surface area (Å²) in [6.07, 6.45) is 1.38. The molecule has 5 nitrogen and oxygen atoms in total. The molecule has 2 aromatic rings. The average Bonchev–Trinajstić information content (AvgIpc) is 2.76. The van der Waals surface area contributed by atoms with Gasteiger partial charge in [-0.2, -0.15) is 5.10 Å². The van der Waals surface area contributed by atoms with Gasteiger partial charge in [-0.25, -0.2) is 0 Å². The minimum atomic E-state index is -0.335. The molecule has 88 valence electrons. The summed E-state index contributed by atoms with van der Waals surface area (Å²) < 4.78 is 5.02. The lowest BCUT2D eigenvalue weighted by Gasteiger charge is -2.05. The SMILES string of the molecule is COc1ccc(NC(=O)c2[nH]ncc2Cl)cc1. The number of benzene rings is 1. The summed E-state index contributed by atoms with van der Waals surface area (Å²) in [6, 6.07) is 6.98. The largest absolute Gasteiger partial charge is 0.497 e. The maximum atomic E-state index is 11.8. The Bertz CT molecular complexity index is 522. The summed E-state index contributed by atoms with van der Waals surface area (Å²) in [7, 11) is 1.58. The molecule has 1 heterocycles. The number of aromatic nitrogens is 2. The maximum Gasteiger partial charge on any atom is 0.275 e. The third-order valence-electron chi connectivity index (χ3n) is 2.17. The van der Waals surface area contributed by atoms with E-state index in [1.165, 1.54) is 6.20 Å². The van der Waals surface area contributed by atoms with Crippen molar-refractivity contribution in [3.8, 4) is 5.75 Å². The van der Waals surface area contributed by atoms with Crippen LogP contribution in [0.4, 0.5) is 5.69 Å². The summed E-state index contributed by atoms with van der Waals surface area (Å²) in [5, 5.41) is 9.18. The van der Waals surface area contributed by atoms with Crippen LogP contribution in [0.2, 0.25) is 5.02 Å². The van der Waals surface area contributed by atoms with E-state index in [0.29, 0.717) is 5.69 Å². The molecule has 2 rings (SSSR count). The number of amides is 1. The predicted octanol–water partition coefficient (Wildman–Crippen LogP) is 2.32. The van der Waals surface area contributed by atoms with Gasteiger partial charge in [0.05, 0.1) is 18.3 Å². The van der Waals surface area contributed by atoms with E-state index in [1.54, 1.807) is 31.4 Å². The second-order valence-electron chi connectivity index (χ2n) is 3.28. The first kappa shape index (κ1) is 11.5. The van der Waals surface area contributed by atoms with E-state index in [0.717, 1.165) is 5.75 Å². The van der Waals surface area contributed by atoms with E-state index < -0.39 is 0 Å². The molecule has 1 amide bonds. The standard InChI is InChI=1S/C11H10ClN3O2/c1-17-8-4-2-7(3-5-8)14-11(16)10-9(12)6-13-15-10/h2-6H,1H3,(H,13,15)(H,14,16). The monoisotopic (exact) mass is 251 g/mol. The number of nitrogens with one attached hydrogen (secondary N) is 2. The summed E-state index contributed by atoms with van der Waals surface area (Å²) in [6.45, 7) is 0. The third-order valence-corrected chi connectivity index (χ3v) is 2.45. The third kappa shape index (κ3) is 2.57. The number of nitrogens with zero attached hydrogens (tertiary/aromatic N) is 1. The molecule has 2 N–H and O–H groups in total. The van der Waals surface area contributed by atoms with E-state index in [2.05, 4.69) is 15.5 Å². The van der Waals surface area contributed by atoms with Crippen molar-refractivity contribution in [3.05, 3.63) is 41.2 Å². The molecule has 17 heavy (non-hydrogen) atoms. The van der Waals surface area contributed by atoms with E-state index in [9.17, 15) is 4.79 Å². The highest BCUT2D eigenvalue weighted by Crippen LogP contribution is 2.17. The van der Waals surface area contributed by atoms with Crippen LogP contribution in [0.3, 0.4) is 0 Å². The summed E-state index contributed by atoms with van der Waals surface area (Å²) >= 11 is 5.77. The number of aromatic amines is 1. The van der Waals surface area contributed by atoms with Crippen LogP contribution in [0.5, 0.6) is 5.75 Å². The second kappa shape index (κ2) is 4.88. The van der Waals surface area contributed by atoms with Crippen LogP contribution in [0.15, 0.2) is 30.5 Å². The number of carbonyl (C=O) groups is 1. The van der Waals surface area contributed by atoms with Gasteiger partial charge in [0, 0.05) is 5.69 Å². The van der Waals surface area contributed by atoms with Gasteiger partial charge in [0.1, 0.15) is 11.4 Å². The molecular formula is C11H10ClN3O2. The summed E-state index contributed by atoms with van der Waals surface area (Å²) in [5.41, 5.74) is 0.893. The molecule has 0 unspecified atom stereocenters. The van der Waals surface area contributed by atoms with Crippen LogP contribution in [0.25, 0.3) is 0 Å². The summed E-state index contributed by atoms with van der Waals surface area (Å²) in [4.78, 5) is 11.8. The van der Waals surface area contributed by atoms with Crippen LogP contribution in [-0.2, 0) is 0 Å². The fraction of sp³-hybridized carbons (Fsp3) is 0.0909. The Morgan fingerprint density at radius 3 is 2.65 bits per heavy atom. The highest BCUT2D eigenvalue weighted by molar-refractivity contribution is 6.34. The fourth-order valence-corrected chi connectivity index (χ4v) is 1.48. The number of halogens is 1. The van der Waals surface area contributed by atoms with Gasteiger partial charge >= 0.3 is 0 Å². The zero-order valence-electron chi connectivity index (χ0n) is 9.03. The highest BCUT2D eigenvalue weighted by Gasteiger charge is 2.12. The van der Waals surface area contributed by atoms with E-state index in [1.807, 2.05) is 0 Å². The topological polar surface area (TPSA) is 67.0 Å². The quantitative estimate of drug-likeness (QED) is 0.880. The molecule has 0 atom stereocenters. The van der Waals surface area contributed by atoms with Gasteiger partial charge in [-0.05, 0) is 24.3 Å². The van der Waals surface area contributed by atoms with Gasteiger partial charge in [0.25, 0.3) is 5.91 Å². The smallest absolute Gasteiger partial charge is 0.275 e. The molecule has 0 bridgehead atoms. The Labute approximate surface area is 103 Å². The van der Waals surface area contributed by atoms with E-state index in [-0.39, 0.29) is 16.6 Å². The first-order valence-electron chi connectivity index (χ1n) is 4.85. The van der Waals surface area contributed by atoms with Crippen molar-refractivity contribution in [1.82, 2.24) is 10.2 Å². The highest BCUT2D eigenvalue weighted by atomic mass is 35.5. The van der Waals surface area contributed by atoms with Crippen LogP contribution in [0, 0.1) is 0 Å². The number of hydrogen-bond donors (Lipinski definition) is 2. The van der Waals surface area contributed by atoms with Crippen molar-refractivity contribution in [3.63, 3.8) is 0 Å². The number of hydrogen-bond acceptors (Lipinski definition) is 3. The number of carbonyl (C=O) groups excluding carboxylic acids is 1. The van der Waals surface area contributed by atoms with Crippen molar-refractivity contribution in [1.29, 1.82) is 0 Å². The van der Waals surface area contributed by atoms with Gasteiger partial charge in [-0.15, -0.1) is 0 Å². The lowest BCUT2D eigenvalue weighted by molar-refractivity contribution is 0.102. The molecule has 0 aliphatic rings. The van der Waals surface area contributed by atoms with Crippen molar-refractivity contribution in [2.24, 2.45) is 0 Å². The van der Waals surface area contributed by atoms with E-state index in [4.69, 9.17) is 16.3 Å². The number of methoxy groups -OCH3 is 1. The van der Waals surface area contributed by atoms with Crippen molar-refractivity contribution >= 4 is 23.2 Å². The molecule has 1 aromatic carbocycles. The molecule has 0 spiro atoms. The molecular weight excluding hydrogens is 242 g/mol. The molecule has 0 saturated heterocycles. The fourth-order valence-electron chi connectivity index (χ4n) is 1.30. The van der Waals surface area contributed by atoms with Gasteiger partial charge in [0.15, 0.2) is 0 Å². The summed E-state index contributed by atoms with van der Waals surface area (Å²) in [5.74, 6) is 0.389. The van der Waals surface area contributed by atoms with Crippen LogP contribution in [0.1, 0.15) is 10.5 Å². The van der Waals surface area contributed by atoms with Gasteiger partial charge < -0.3 is 10.1 Å². The Balaban J connectivity index is 2.10. The molecule has 0 saturated carbocycles. The lowest BCUT2D eigenvalue weighted by Crippen LogP contribution is -2.12. The molecule has 0 fully saturated rings. The normalized spacial score (nSPS) is 10.0. The first-order chi connectivity index (χ1) is 8.20. The Morgan fingerprint density at radius 2 is 2.12 bits per heavy atom. The number of anilines is 1. The van der Waals surface area contributed by atoms with Crippen molar-refractivity contribution in [2.45, 2.75) is 0 Å². The van der Waals surface area contributed by atoms with Crippen molar-refractivity contribution < 1.29 is 9.53 Å². The predicted molar refractivity (Wildman–Crippen MR) is 64.5 cm³/mol. The minimum Gasteiger partial charge on any atom is -0.497 e. The zero-order valence-corrected chi connectivity index (χ0v) is 9.78. The molecule has 0 aliphatic carbocycles. The second-order valence-corrected chi connectivity index (χ2v) is 3.68. The first-order valence-corrected chi connectivity index (χ1v) is 5.23. The van der Waals surface area contributed by atoms with Gasteiger partial charge in [-0.1, -0.05) is 11.6 Å². The Morgan fingerprint density at radius 1 is 1.41 bits per heavy atom. The lowest BCUT2D eigenvalue weighted by atomic mass is 10.3. The van der Waals surface area contributed by atoms with E-state index >= 15 is 0 Å². The van der Waals surface area contributed by atoms with Crippen molar-refractivity contribution in [2.75, 3.05) is 12.4 Å². The van der Waals surface area contributed by atoms with Gasteiger partial charge in [-0.3, -0.25) is 9.89 Å². The average molecular weight is 252 g/mol. The zero-order chi connectivity index (χ0) is 12.3. The number of rotatable bonds is 3.